The molecule has 3 rings (SSSR count). The Morgan fingerprint density at radius 1 is 1.35 bits per heavy atom. The normalized spacial score (nSPS) is 18.5. The van der Waals surface area contributed by atoms with Crippen molar-refractivity contribution in [2.45, 2.75) is 52.6 Å². The molecule has 2 N–H and O–H groups in total. The number of aromatic amines is 1. The van der Waals surface area contributed by atoms with Gasteiger partial charge in [0.1, 0.15) is 6.04 Å². The Bertz CT molecular complexity index is 947. The molecular formula is C19H27N3O3S. The number of sulfonamides is 1. The van der Waals surface area contributed by atoms with Crippen LogP contribution in [0.4, 0.5) is 0 Å². The summed E-state index contributed by atoms with van der Waals surface area (Å²) in [6, 6.07) is 3.64. The molecule has 2 aromatic rings. The highest BCUT2D eigenvalue weighted by Crippen LogP contribution is 2.27. The number of amides is 1. The molecule has 142 valence electrons. The number of nitrogens with one attached hydrogen (secondary N) is 2. The molecule has 26 heavy (non-hydrogen) atoms. The molecule has 1 atom stereocenters. The summed E-state index contributed by atoms with van der Waals surface area (Å²) in [5.41, 5.74) is 5.68. The lowest BCUT2D eigenvalue weighted by atomic mass is 10.0. The van der Waals surface area contributed by atoms with E-state index in [4.69, 9.17) is 0 Å². The number of carbonyl (C=O) groups excluding carboxylic acids is 1. The average molecular weight is 378 g/mol. The van der Waals surface area contributed by atoms with Gasteiger partial charge in [-0.2, -0.15) is 4.31 Å². The molecule has 6 nitrogen and oxygen atoms in total. The first kappa shape index (κ1) is 18.9. The van der Waals surface area contributed by atoms with E-state index in [1.807, 2.05) is 6.92 Å². The van der Waals surface area contributed by atoms with Gasteiger partial charge in [-0.1, -0.05) is 18.6 Å². The molecule has 1 saturated heterocycles. The molecule has 0 saturated carbocycles. The number of H-pyrrole nitrogens is 1. The number of carbonyl (C=O) groups is 1. The average Bonchev–Trinajstić information content (AvgIpc) is 3.18. The molecule has 1 aromatic heterocycles. The maximum atomic E-state index is 12.6. The van der Waals surface area contributed by atoms with Crippen LogP contribution in [0.5, 0.6) is 0 Å². The van der Waals surface area contributed by atoms with E-state index in [-0.39, 0.29) is 5.91 Å². The van der Waals surface area contributed by atoms with E-state index in [0.29, 0.717) is 19.5 Å². The minimum absolute atomic E-state index is 0.221. The lowest BCUT2D eigenvalue weighted by molar-refractivity contribution is -0.124. The molecule has 2 heterocycles. The fraction of sp³-hybridized carbons (Fsp3) is 0.526. The fourth-order valence-corrected chi connectivity index (χ4v) is 5.03. The molecule has 0 bridgehead atoms. The van der Waals surface area contributed by atoms with E-state index >= 15 is 0 Å². The molecule has 0 radical (unpaired) electrons. The van der Waals surface area contributed by atoms with E-state index in [1.165, 1.54) is 20.9 Å². The molecule has 0 spiro atoms. The van der Waals surface area contributed by atoms with E-state index < -0.39 is 16.1 Å². The van der Waals surface area contributed by atoms with Crippen LogP contribution in [0.1, 0.15) is 42.1 Å². The van der Waals surface area contributed by atoms with Gasteiger partial charge in [0.2, 0.25) is 15.9 Å². The van der Waals surface area contributed by atoms with Crippen LogP contribution in [0, 0.1) is 13.8 Å². The molecule has 1 amide bonds. The van der Waals surface area contributed by atoms with Crippen LogP contribution in [0.15, 0.2) is 12.1 Å². The van der Waals surface area contributed by atoms with Gasteiger partial charge < -0.3 is 10.3 Å². The molecule has 0 aliphatic carbocycles. The zero-order valence-electron chi connectivity index (χ0n) is 15.8. The minimum Gasteiger partial charge on any atom is -0.358 e. The van der Waals surface area contributed by atoms with Crippen molar-refractivity contribution in [3.63, 3.8) is 0 Å². The molecule has 1 aromatic carbocycles. The minimum atomic E-state index is -3.36. The third kappa shape index (κ3) is 3.50. The summed E-state index contributed by atoms with van der Waals surface area (Å²) in [6.45, 7) is 7.08. The Morgan fingerprint density at radius 2 is 2.08 bits per heavy atom. The van der Waals surface area contributed by atoms with Crippen LogP contribution in [-0.2, 0) is 27.8 Å². The number of aromatic nitrogens is 1. The first-order chi connectivity index (χ1) is 12.2. The van der Waals surface area contributed by atoms with Gasteiger partial charge in [0.25, 0.3) is 0 Å². The quantitative estimate of drug-likeness (QED) is 0.839. The Balaban J connectivity index is 1.82. The van der Waals surface area contributed by atoms with Crippen molar-refractivity contribution in [3.8, 4) is 0 Å². The van der Waals surface area contributed by atoms with Crippen molar-refractivity contribution in [1.29, 1.82) is 0 Å². The highest BCUT2D eigenvalue weighted by atomic mass is 32.2. The van der Waals surface area contributed by atoms with Gasteiger partial charge in [0, 0.05) is 24.2 Å². The number of rotatable bonds is 5. The van der Waals surface area contributed by atoms with Gasteiger partial charge >= 0.3 is 0 Å². The predicted octanol–water partition coefficient (Wildman–Crippen LogP) is 2.39. The van der Waals surface area contributed by atoms with Gasteiger partial charge in [-0.05, 0) is 50.3 Å². The number of aryl methyl sites for hydroxylation is 3. The second-order valence-corrected chi connectivity index (χ2v) is 9.11. The first-order valence-electron chi connectivity index (χ1n) is 9.07. The van der Waals surface area contributed by atoms with E-state index in [9.17, 15) is 13.2 Å². The van der Waals surface area contributed by atoms with Crippen molar-refractivity contribution in [1.82, 2.24) is 14.6 Å². The van der Waals surface area contributed by atoms with Crippen LogP contribution in [0.3, 0.4) is 0 Å². The molecule has 1 aliphatic heterocycles. The Morgan fingerprint density at radius 3 is 2.73 bits per heavy atom. The van der Waals surface area contributed by atoms with Crippen LogP contribution in [-0.4, -0.2) is 42.5 Å². The molecule has 1 fully saturated rings. The number of nitrogens with zero attached hydrogens (tertiary/aromatic N) is 1. The number of benzene rings is 1. The Labute approximate surface area is 155 Å². The highest BCUT2D eigenvalue weighted by molar-refractivity contribution is 7.88. The van der Waals surface area contributed by atoms with Gasteiger partial charge in [-0.15, -0.1) is 0 Å². The van der Waals surface area contributed by atoms with Gasteiger partial charge in [0.05, 0.1) is 11.8 Å². The summed E-state index contributed by atoms with van der Waals surface area (Å²) < 4.78 is 25.0. The van der Waals surface area contributed by atoms with Crippen molar-refractivity contribution in [2.75, 3.05) is 12.8 Å². The number of hydrogen-bond donors (Lipinski definition) is 2. The standard InChI is InChI=1S/C19H27N3O3S/c1-5-16-13(3)15-10-12(2)9-14(18(15)21-16)11-20-19(23)17-7-6-8-22(17)26(4,24)25/h9-10,17,21H,5-8,11H2,1-4H3,(H,20,23)/t17-/m0/s1. The summed E-state index contributed by atoms with van der Waals surface area (Å²) in [7, 11) is -3.36. The second kappa shape index (κ2) is 7.04. The SMILES string of the molecule is CCc1[nH]c2c(CNC(=O)[C@@H]3CCCN3S(C)(=O)=O)cc(C)cc2c1C. The van der Waals surface area contributed by atoms with Gasteiger partial charge in [-0.3, -0.25) is 4.79 Å². The van der Waals surface area contributed by atoms with E-state index in [2.05, 4.69) is 36.3 Å². The number of fused-ring (bicyclic) bond motifs is 1. The summed E-state index contributed by atoms with van der Waals surface area (Å²) in [5, 5.41) is 4.13. The summed E-state index contributed by atoms with van der Waals surface area (Å²) in [4.78, 5) is 16.1. The summed E-state index contributed by atoms with van der Waals surface area (Å²) in [6.07, 6.45) is 3.38. The van der Waals surface area contributed by atoms with Gasteiger partial charge in [-0.25, -0.2) is 8.42 Å². The van der Waals surface area contributed by atoms with Gasteiger partial charge in [0.15, 0.2) is 0 Å². The van der Waals surface area contributed by atoms with E-state index in [0.717, 1.165) is 35.7 Å². The van der Waals surface area contributed by atoms with Crippen molar-refractivity contribution < 1.29 is 13.2 Å². The Kier molecular flexibility index (Phi) is 5.12. The van der Waals surface area contributed by atoms with Crippen LogP contribution < -0.4 is 5.32 Å². The Hall–Kier alpha value is -1.86. The molecule has 7 heteroatoms. The topological polar surface area (TPSA) is 82.3 Å². The van der Waals surface area contributed by atoms with Crippen molar-refractivity contribution in [3.05, 3.63) is 34.5 Å². The first-order valence-corrected chi connectivity index (χ1v) is 10.9. The lowest BCUT2D eigenvalue weighted by Crippen LogP contribution is -2.45. The van der Waals surface area contributed by atoms with Crippen molar-refractivity contribution in [2.24, 2.45) is 0 Å². The predicted molar refractivity (Wildman–Crippen MR) is 104 cm³/mol. The fourth-order valence-electron chi connectivity index (χ4n) is 3.90. The smallest absolute Gasteiger partial charge is 0.238 e. The zero-order valence-corrected chi connectivity index (χ0v) is 16.7. The summed E-state index contributed by atoms with van der Waals surface area (Å²) >= 11 is 0. The maximum Gasteiger partial charge on any atom is 0.238 e. The summed E-state index contributed by atoms with van der Waals surface area (Å²) in [5.74, 6) is -0.221. The molecular weight excluding hydrogens is 350 g/mol. The monoisotopic (exact) mass is 377 g/mol. The molecule has 1 aliphatic rings. The van der Waals surface area contributed by atoms with Crippen LogP contribution >= 0.6 is 0 Å². The van der Waals surface area contributed by atoms with Crippen LogP contribution in [0.2, 0.25) is 0 Å². The highest BCUT2D eigenvalue weighted by Gasteiger charge is 2.36. The lowest BCUT2D eigenvalue weighted by Gasteiger charge is -2.21. The third-order valence-electron chi connectivity index (χ3n) is 5.24. The molecule has 0 unspecified atom stereocenters. The zero-order chi connectivity index (χ0) is 19.1. The number of hydrogen-bond acceptors (Lipinski definition) is 3. The largest absolute Gasteiger partial charge is 0.358 e. The third-order valence-corrected chi connectivity index (χ3v) is 6.52. The van der Waals surface area contributed by atoms with Crippen LogP contribution in [0.25, 0.3) is 10.9 Å². The van der Waals surface area contributed by atoms with E-state index in [1.54, 1.807) is 0 Å². The second-order valence-electron chi connectivity index (χ2n) is 7.18. The van der Waals surface area contributed by atoms with Crippen molar-refractivity contribution >= 4 is 26.8 Å². The maximum absolute atomic E-state index is 12.6.